The molecular weight excluding hydrogens is 537 g/mol. The van der Waals surface area contributed by atoms with Crippen LogP contribution in [0.3, 0.4) is 0 Å². The van der Waals surface area contributed by atoms with E-state index in [4.69, 9.17) is 19.2 Å². The Labute approximate surface area is 234 Å². The molecule has 4 aromatic rings. The predicted molar refractivity (Wildman–Crippen MR) is 150 cm³/mol. The Hall–Kier alpha value is -4.74. The molecule has 12 heteroatoms. The first kappa shape index (κ1) is 27.8. The Morgan fingerprint density at radius 1 is 1.00 bits per heavy atom. The van der Waals surface area contributed by atoms with Crippen LogP contribution >= 0.6 is 0 Å². The summed E-state index contributed by atoms with van der Waals surface area (Å²) in [5.41, 5.74) is 3.04. The van der Waals surface area contributed by atoms with E-state index in [0.717, 1.165) is 0 Å². The maximum absolute atomic E-state index is 13.6. The van der Waals surface area contributed by atoms with Crippen LogP contribution in [0.5, 0.6) is 17.2 Å². The van der Waals surface area contributed by atoms with Crippen LogP contribution in [0, 0.1) is 12.8 Å². The second-order valence-corrected chi connectivity index (χ2v) is 9.50. The van der Waals surface area contributed by atoms with Crippen molar-refractivity contribution < 1.29 is 27.4 Å². The number of aromatic nitrogens is 4. The zero-order valence-electron chi connectivity index (χ0n) is 23.1. The molecule has 0 saturated heterocycles. The summed E-state index contributed by atoms with van der Waals surface area (Å²) in [5.74, 6) is 1.54. The Morgan fingerprint density at radius 2 is 1.71 bits per heavy atom. The van der Waals surface area contributed by atoms with Crippen LogP contribution in [-0.2, 0) is 0 Å². The molecule has 0 spiro atoms. The van der Waals surface area contributed by atoms with E-state index in [1.54, 1.807) is 48.0 Å². The second kappa shape index (κ2) is 11.0. The van der Waals surface area contributed by atoms with Crippen LogP contribution in [0.1, 0.15) is 19.0 Å². The quantitative estimate of drug-likeness (QED) is 0.244. The van der Waals surface area contributed by atoms with Crippen molar-refractivity contribution in [2.75, 3.05) is 32.0 Å². The van der Waals surface area contributed by atoms with Gasteiger partial charge in [0.05, 0.1) is 33.2 Å². The van der Waals surface area contributed by atoms with Crippen molar-refractivity contribution in [3.63, 3.8) is 0 Å². The number of anilines is 3. The lowest BCUT2D eigenvalue weighted by Gasteiger charge is -2.23. The molecule has 1 atom stereocenters. The van der Waals surface area contributed by atoms with Gasteiger partial charge in [-0.15, -0.1) is 5.10 Å². The van der Waals surface area contributed by atoms with Crippen molar-refractivity contribution in [2.24, 2.45) is 5.92 Å². The average Bonchev–Trinajstić information content (AvgIpc) is 3.28. The predicted octanol–water partition coefficient (Wildman–Crippen LogP) is 6.69. The molecule has 2 heterocycles. The third-order valence-corrected chi connectivity index (χ3v) is 6.81. The van der Waals surface area contributed by atoms with Gasteiger partial charge in [0.25, 0.3) is 0 Å². The maximum atomic E-state index is 13.6. The number of alkyl halides is 3. The molecule has 41 heavy (non-hydrogen) atoms. The minimum Gasteiger partial charge on any atom is -0.493 e. The third-order valence-electron chi connectivity index (χ3n) is 6.81. The van der Waals surface area contributed by atoms with Gasteiger partial charge in [0.1, 0.15) is 5.52 Å². The van der Waals surface area contributed by atoms with Crippen LogP contribution in [0.25, 0.3) is 16.9 Å². The van der Waals surface area contributed by atoms with Crippen LogP contribution < -0.4 is 24.8 Å². The maximum Gasteiger partial charge on any atom is 0.413 e. The van der Waals surface area contributed by atoms with Gasteiger partial charge in [0.2, 0.25) is 11.7 Å². The molecule has 0 amide bonds. The molecule has 1 aliphatic carbocycles. The van der Waals surface area contributed by atoms with Gasteiger partial charge >= 0.3 is 6.18 Å². The van der Waals surface area contributed by atoms with E-state index in [9.17, 15) is 13.2 Å². The Balaban J connectivity index is 1.52. The van der Waals surface area contributed by atoms with Gasteiger partial charge in [-0.05, 0) is 37.5 Å². The molecule has 214 valence electrons. The van der Waals surface area contributed by atoms with Crippen molar-refractivity contribution in [1.29, 1.82) is 0 Å². The fraction of sp³-hybridized carbons (Fsp3) is 0.276. The number of imidazole rings is 1. The number of nitrogens with zero attached hydrogens (tertiary/aromatic N) is 4. The lowest BCUT2D eigenvalue weighted by molar-refractivity contribution is -0.0985. The summed E-state index contributed by atoms with van der Waals surface area (Å²) in [6.07, 6.45) is 0.479. The standard InChI is InChI=1S/C29H29F3N6O3/c1-16-10-11-18(12-21(16)29(30,31)32)35-22-9-7-6-8-20(22)27-34-17(2)23-15-33-28(37-38(23)27)36-19-13-24(39-3)26(41-5)25(14-19)40-4/h6-9,11-16,35H,10H2,1-5H3,(H,36,37). The summed E-state index contributed by atoms with van der Waals surface area (Å²) < 4.78 is 58.6. The first-order valence-corrected chi connectivity index (χ1v) is 12.8. The van der Waals surface area contributed by atoms with E-state index in [-0.39, 0.29) is 12.4 Å². The van der Waals surface area contributed by atoms with Crippen LogP contribution in [0.2, 0.25) is 0 Å². The number of hydrogen-bond donors (Lipinski definition) is 2. The first-order valence-electron chi connectivity index (χ1n) is 12.8. The summed E-state index contributed by atoms with van der Waals surface area (Å²) in [4.78, 5) is 9.17. The smallest absolute Gasteiger partial charge is 0.413 e. The number of aryl methyl sites for hydroxylation is 1. The van der Waals surface area contributed by atoms with E-state index in [2.05, 4.69) is 20.7 Å². The third kappa shape index (κ3) is 5.49. The van der Waals surface area contributed by atoms with E-state index in [0.29, 0.717) is 56.9 Å². The normalized spacial score (nSPS) is 15.3. The van der Waals surface area contributed by atoms with E-state index in [1.165, 1.54) is 27.4 Å². The molecule has 0 bridgehead atoms. The SMILES string of the molecule is COc1cc(Nc2ncc3c(C)nc(-c4ccccc4NC4=CCC(C)C(C(F)(F)F)=C4)n3n2)cc(OC)c1OC. The second-order valence-electron chi connectivity index (χ2n) is 9.50. The zero-order valence-corrected chi connectivity index (χ0v) is 23.1. The van der Waals surface area contributed by atoms with Gasteiger partial charge in [-0.25, -0.2) is 14.5 Å². The number of para-hydroxylation sites is 1. The minimum atomic E-state index is -4.39. The summed E-state index contributed by atoms with van der Waals surface area (Å²) in [6.45, 7) is 3.41. The molecule has 1 aliphatic rings. The molecule has 5 rings (SSSR count). The number of hydrogen-bond acceptors (Lipinski definition) is 8. The molecule has 1 unspecified atom stereocenters. The fourth-order valence-electron chi connectivity index (χ4n) is 4.73. The van der Waals surface area contributed by atoms with Crippen molar-refractivity contribution >= 4 is 22.8 Å². The molecule has 2 N–H and O–H groups in total. The number of benzene rings is 2. The van der Waals surface area contributed by atoms with E-state index >= 15 is 0 Å². The van der Waals surface area contributed by atoms with Gasteiger partial charge in [-0.3, -0.25) is 0 Å². The average molecular weight is 567 g/mol. The Bertz CT molecular complexity index is 1640. The van der Waals surface area contributed by atoms with Gasteiger partial charge in [0.15, 0.2) is 17.3 Å². The molecule has 9 nitrogen and oxygen atoms in total. The Kier molecular flexibility index (Phi) is 7.48. The summed E-state index contributed by atoms with van der Waals surface area (Å²) in [5, 5.41) is 11.0. The number of fused-ring (bicyclic) bond motifs is 1. The topological polar surface area (TPSA) is 94.8 Å². The Morgan fingerprint density at radius 3 is 2.37 bits per heavy atom. The van der Waals surface area contributed by atoms with Gasteiger partial charge in [0, 0.05) is 40.3 Å². The molecule has 0 radical (unpaired) electrons. The molecular formula is C29H29F3N6O3. The number of methoxy groups -OCH3 is 3. The highest BCUT2D eigenvalue weighted by Crippen LogP contribution is 2.41. The van der Waals surface area contributed by atoms with Crippen LogP contribution in [0.15, 0.2) is 66.0 Å². The largest absolute Gasteiger partial charge is 0.493 e. The van der Waals surface area contributed by atoms with E-state index < -0.39 is 17.7 Å². The highest BCUT2D eigenvalue weighted by atomic mass is 19.4. The molecule has 0 saturated carbocycles. The number of halogens is 3. The highest BCUT2D eigenvalue weighted by Gasteiger charge is 2.37. The molecule has 0 fully saturated rings. The van der Waals surface area contributed by atoms with Crippen LogP contribution in [-0.4, -0.2) is 47.1 Å². The number of allylic oxidation sites excluding steroid dienone is 3. The minimum absolute atomic E-state index is 0.276. The zero-order chi connectivity index (χ0) is 29.3. The van der Waals surface area contributed by atoms with Crippen LogP contribution in [0.4, 0.5) is 30.5 Å². The number of ether oxygens (including phenoxy) is 3. The fourth-order valence-corrected chi connectivity index (χ4v) is 4.73. The number of nitrogens with one attached hydrogen (secondary N) is 2. The molecule has 0 aliphatic heterocycles. The van der Waals surface area contributed by atoms with Gasteiger partial charge < -0.3 is 24.8 Å². The summed E-state index contributed by atoms with van der Waals surface area (Å²) in [7, 11) is 4.58. The van der Waals surface area contributed by atoms with Crippen molar-refractivity contribution in [1.82, 2.24) is 19.6 Å². The summed E-state index contributed by atoms with van der Waals surface area (Å²) >= 11 is 0. The molecule has 2 aromatic heterocycles. The lowest BCUT2D eigenvalue weighted by Crippen LogP contribution is -2.21. The van der Waals surface area contributed by atoms with Crippen molar-refractivity contribution in [2.45, 2.75) is 26.4 Å². The molecule has 2 aromatic carbocycles. The highest BCUT2D eigenvalue weighted by molar-refractivity contribution is 5.78. The van der Waals surface area contributed by atoms with Crippen molar-refractivity contribution in [3.8, 4) is 28.6 Å². The van der Waals surface area contributed by atoms with Gasteiger partial charge in [-0.2, -0.15) is 13.2 Å². The summed E-state index contributed by atoms with van der Waals surface area (Å²) in [6, 6.07) is 10.7. The van der Waals surface area contributed by atoms with E-state index in [1.807, 2.05) is 19.1 Å². The van der Waals surface area contributed by atoms with Gasteiger partial charge in [-0.1, -0.05) is 25.1 Å². The lowest BCUT2D eigenvalue weighted by atomic mass is 9.91. The number of rotatable bonds is 8. The monoisotopic (exact) mass is 566 g/mol. The first-order chi connectivity index (χ1) is 19.6. The van der Waals surface area contributed by atoms with Crippen molar-refractivity contribution in [3.05, 3.63) is 71.7 Å².